The van der Waals surface area contributed by atoms with Crippen LogP contribution in [0, 0.1) is 0 Å². The molecule has 0 atom stereocenters. The molecule has 0 unspecified atom stereocenters. The predicted molar refractivity (Wildman–Crippen MR) is 60.1 cm³/mol. The molecule has 0 radical (unpaired) electrons. The largest absolute Gasteiger partial charge is 0.478 e. The lowest BCUT2D eigenvalue weighted by molar-refractivity contribution is -0.152. The minimum Gasteiger partial charge on any atom is -0.478 e. The van der Waals surface area contributed by atoms with Gasteiger partial charge in [-0.3, -0.25) is 0 Å². The molecule has 0 aliphatic heterocycles. The van der Waals surface area contributed by atoms with Crippen LogP contribution in [0.5, 0.6) is 5.75 Å². The highest BCUT2D eigenvalue weighted by atomic mass is 16.5. The average molecular weight is 238 g/mol. The highest BCUT2D eigenvalue weighted by molar-refractivity contribution is 5.89. The third-order valence-electron chi connectivity index (χ3n) is 2.16. The number of esters is 1. The van der Waals surface area contributed by atoms with Gasteiger partial charge in [-0.25, -0.2) is 9.59 Å². The van der Waals surface area contributed by atoms with Gasteiger partial charge in [-0.2, -0.15) is 0 Å². The van der Waals surface area contributed by atoms with E-state index in [0.717, 1.165) is 0 Å². The molecule has 92 valence electrons. The highest BCUT2D eigenvalue weighted by Crippen LogP contribution is 2.19. The molecule has 0 aromatic heterocycles. The number of carbonyl (C=O) groups excluding carboxylic acids is 1. The van der Waals surface area contributed by atoms with Crippen molar-refractivity contribution >= 4 is 11.9 Å². The van der Waals surface area contributed by atoms with Crippen molar-refractivity contribution in [2.24, 2.45) is 0 Å². The first-order valence-corrected chi connectivity index (χ1v) is 4.97. The van der Waals surface area contributed by atoms with Crippen molar-refractivity contribution in [3.05, 3.63) is 29.8 Å². The fourth-order valence-electron chi connectivity index (χ4n) is 1.12. The quantitative estimate of drug-likeness (QED) is 0.808. The standard InChI is InChI=1S/C12H14O5/c1-12(2,11(14)15)17-9-6-4-8(5-7-9)10(13)16-3/h4-7H,1-3H3,(H,14,15). The van der Waals surface area contributed by atoms with E-state index in [9.17, 15) is 9.59 Å². The Bertz CT molecular complexity index is 419. The summed E-state index contributed by atoms with van der Waals surface area (Å²) in [6.07, 6.45) is 0. The Morgan fingerprint density at radius 1 is 1.18 bits per heavy atom. The molecule has 0 bridgehead atoms. The summed E-state index contributed by atoms with van der Waals surface area (Å²) in [5, 5.41) is 8.88. The zero-order chi connectivity index (χ0) is 13.1. The fourth-order valence-corrected chi connectivity index (χ4v) is 1.12. The van der Waals surface area contributed by atoms with Crippen molar-refractivity contribution in [1.82, 2.24) is 0 Å². The SMILES string of the molecule is COC(=O)c1ccc(OC(C)(C)C(=O)O)cc1. The minimum atomic E-state index is -1.31. The van der Waals surface area contributed by atoms with Crippen LogP contribution in [-0.4, -0.2) is 29.8 Å². The Morgan fingerprint density at radius 3 is 2.12 bits per heavy atom. The van der Waals surface area contributed by atoms with E-state index in [1.165, 1.54) is 45.2 Å². The molecule has 5 nitrogen and oxygen atoms in total. The minimum absolute atomic E-state index is 0.380. The van der Waals surface area contributed by atoms with E-state index in [2.05, 4.69) is 4.74 Å². The molecule has 1 aromatic rings. The summed E-state index contributed by atoms with van der Waals surface area (Å²) in [4.78, 5) is 22.0. The van der Waals surface area contributed by atoms with Crippen molar-refractivity contribution in [2.75, 3.05) is 7.11 Å². The first-order valence-electron chi connectivity index (χ1n) is 4.97. The van der Waals surface area contributed by atoms with Crippen LogP contribution >= 0.6 is 0 Å². The fraction of sp³-hybridized carbons (Fsp3) is 0.333. The predicted octanol–water partition coefficient (Wildman–Crippen LogP) is 1.72. The normalized spacial score (nSPS) is 10.8. The van der Waals surface area contributed by atoms with E-state index in [0.29, 0.717) is 11.3 Å². The summed E-state index contributed by atoms with van der Waals surface area (Å²) in [5.74, 6) is -1.13. The molecule has 0 aliphatic rings. The number of carboxylic acid groups (broad SMARTS) is 1. The summed E-state index contributed by atoms with van der Waals surface area (Å²) in [6, 6.07) is 6.08. The molecular weight excluding hydrogens is 224 g/mol. The van der Waals surface area contributed by atoms with Crippen LogP contribution in [0.2, 0.25) is 0 Å². The van der Waals surface area contributed by atoms with Gasteiger partial charge in [0.15, 0.2) is 5.60 Å². The summed E-state index contributed by atoms with van der Waals surface area (Å²) >= 11 is 0. The van der Waals surface area contributed by atoms with Crippen LogP contribution < -0.4 is 4.74 Å². The number of carboxylic acids is 1. The lowest BCUT2D eigenvalue weighted by atomic mass is 10.1. The van der Waals surface area contributed by atoms with Crippen molar-refractivity contribution in [3.63, 3.8) is 0 Å². The lowest BCUT2D eigenvalue weighted by Gasteiger charge is -2.21. The molecule has 1 rings (SSSR count). The number of hydrogen-bond acceptors (Lipinski definition) is 4. The lowest BCUT2D eigenvalue weighted by Crippen LogP contribution is -2.37. The number of carbonyl (C=O) groups is 2. The van der Waals surface area contributed by atoms with Gasteiger partial charge in [0.1, 0.15) is 5.75 Å². The molecule has 0 fully saturated rings. The van der Waals surface area contributed by atoms with Crippen molar-refractivity contribution in [1.29, 1.82) is 0 Å². The monoisotopic (exact) mass is 238 g/mol. The van der Waals surface area contributed by atoms with Crippen molar-refractivity contribution < 1.29 is 24.2 Å². The molecule has 17 heavy (non-hydrogen) atoms. The number of benzene rings is 1. The molecule has 5 heteroatoms. The van der Waals surface area contributed by atoms with E-state index >= 15 is 0 Å². The van der Waals surface area contributed by atoms with Gasteiger partial charge < -0.3 is 14.6 Å². The number of methoxy groups -OCH3 is 1. The first kappa shape index (κ1) is 13.0. The Hall–Kier alpha value is -2.04. The Labute approximate surface area is 99.0 Å². The molecule has 0 aliphatic carbocycles. The molecular formula is C12H14O5. The van der Waals surface area contributed by atoms with Gasteiger partial charge in [0.05, 0.1) is 12.7 Å². The van der Waals surface area contributed by atoms with E-state index < -0.39 is 17.5 Å². The Balaban J connectivity index is 2.82. The zero-order valence-corrected chi connectivity index (χ0v) is 9.89. The Kier molecular flexibility index (Phi) is 3.73. The van der Waals surface area contributed by atoms with Crippen LogP contribution in [0.4, 0.5) is 0 Å². The van der Waals surface area contributed by atoms with Gasteiger partial charge in [-0.05, 0) is 38.1 Å². The van der Waals surface area contributed by atoms with Gasteiger partial charge in [0, 0.05) is 0 Å². The third-order valence-corrected chi connectivity index (χ3v) is 2.16. The molecule has 0 heterocycles. The van der Waals surface area contributed by atoms with Gasteiger partial charge in [-0.15, -0.1) is 0 Å². The molecule has 0 saturated carbocycles. The number of aliphatic carboxylic acids is 1. The van der Waals surface area contributed by atoms with E-state index in [-0.39, 0.29) is 0 Å². The van der Waals surface area contributed by atoms with E-state index in [1.54, 1.807) is 0 Å². The van der Waals surface area contributed by atoms with Crippen LogP contribution in [0.15, 0.2) is 24.3 Å². The second-order valence-corrected chi connectivity index (χ2v) is 3.93. The molecule has 0 amide bonds. The number of hydrogen-bond donors (Lipinski definition) is 1. The summed E-state index contributed by atoms with van der Waals surface area (Å²) in [6.45, 7) is 2.90. The topological polar surface area (TPSA) is 72.8 Å². The molecule has 0 saturated heterocycles. The highest BCUT2D eigenvalue weighted by Gasteiger charge is 2.29. The van der Waals surface area contributed by atoms with Crippen LogP contribution in [0.25, 0.3) is 0 Å². The van der Waals surface area contributed by atoms with Crippen molar-refractivity contribution in [2.45, 2.75) is 19.4 Å². The van der Waals surface area contributed by atoms with Gasteiger partial charge in [0.25, 0.3) is 0 Å². The van der Waals surface area contributed by atoms with Crippen LogP contribution in [-0.2, 0) is 9.53 Å². The van der Waals surface area contributed by atoms with E-state index in [1.807, 2.05) is 0 Å². The van der Waals surface area contributed by atoms with Crippen LogP contribution in [0.1, 0.15) is 24.2 Å². The molecule has 1 aromatic carbocycles. The average Bonchev–Trinajstić information content (AvgIpc) is 2.28. The van der Waals surface area contributed by atoms with Gasteiger partial charge >= 0.3 is 11.9 Å². The smallest absolute Gasteiger partial charge is 0.347 e. The zero-order valence-electron chi connectivity index (χ0n) is 9.89. The number of rotatable bonds is 4. The maximum atomic E-state index is 11.2. The van der Waals surface area contributed by atoms with Crippen LogP contribution in [0.3, 0.4) is 0 Å². The second-order valence-electron chi connectivity index (χ2n) is 3.93. The van der Waals surface area contributed by atoms with Gasteiger partial charge in [-0.1, -0.05) is 0 Å². The second kappa shape index (κ2) is 4.86. The molecule has 0 spiro atoms. The van der Waals surface area contributed by atoms with Crippen molar-refractivity contribution in [3.8, 4) is 5.75 Å². The van der Waals surface area contributed by atoms with Gasteiger partial charge in [0.2, 0.25) is 0 Å². The maximum Gasteiger partial charge on any atom is 0.347 e. The number of ether oxygens (including phenoxy) is 2. The Morgan fingerprint density at radius 2 is 1.71 bits per heavy atom. The summed E-state index contributed by atoms with van der Waals surface area (Å²) in [7, 11) is 1.29. The van der Waals surface area contributed by atoms with E-state index in [4.69, 9.17) is 9.84 Å². The third kappa shape index (κ3) is 3.21. The summed E-state index contributed by atoms with van der Waals surface area (Å²) < 4.78 is 9.82. The molecule has 1 N–H and O–H groups in total. The first-order chi connectivity index (χ1) is 7.86. The maximum absolute atomic E-state index is 11.2. The summed E-state index contributed by atoms with van der Waals surface area (Å²) in [5.41, 5.74) is -0.930.